The van der Waals surface area contributed by atoms with Gasteiger partial charge in [0.25, 0.3) is 0 Å². The first-order chi connectivity index (χ1) is 11.0. The van der Waals surface area contributed by atoms with Gasteiger partial charge in [-0.05, 0) is 23.8 Å². The van der Waals surface area contributed by atoms with E-state index < -0.39 is 11.6 Å². The summed E-state index contributed by atoms with van der Waals surface area (Å²) in [5.41, 5.74) is 1.26. The summed E-state index contributed by atoms with van der Waals surface area (Å²) in [7, 11) is 0. The van der Waals surface area contributed by atoms with Crippen molar-refractivity contribution in [2.24, 2.45) is 0 Å². The molecule has 0 radical (unpaired) electrons. The molecular formula is C17H15F2N3O. The maximum atomic E-state index is 13.7. The van der Waals surface area contributed by atoms with Crippen LogP contribution < -0.4 is 0 Å². The molecule has 118 valence electrons. The molecule has 6 heteroatoms. The fourth-order valence-corrected chi connectivity index (χ4v) is 2.41. The van der Waals surface area contributed by atoms with Gasteiger partial charge in [-0.3, -0.25) is 9.20 Å². The van der Waals surface area contributed by atoms with Crippen LogP contribution in [0.4, 0.5) is 8.78 Å². The van der Waals surface area contributed by atoms with Gasteiger partial charge in [0.05, 0.1) is 0 Å². The second-order valence-electron chi connectivity index (χ2n) is 5.69. The van der Waals surface area contributed by atoms with E-state index >= 15 is 0 Å². The fraction of sp³-hybridized carbons (Fsp3) is 0.235. The zero-order chi connectivity index (χ0) is 16.6. The first-order valence-electron chi connectivity index (χ1n) is 7.27. The highest BCUT2D eigenvalue weighted by Crippen LogP contribution is 2.17. The number of ketones is 1. The van der Waals surface area contributed by atoms with Crippen LogP contribution in [-0.4, -0.2) is 20.4 Å². The second kappa shape index (κ2) is 5.87. The molecule has 1 aromatic carbocycles. The molecule has 2 heterocycles. The minimum atomic E-state index is -0.716. The van der Waals surface area contributed by atoms with E-state index in [1.807, 2.05) is 13.8 Å². The topological polar surface area (TPSA) is 47.3 Å². The Kier molecular flexibility index (Phi) is 3.90. The van der Waals surface area contributed by atoms with Gasteiger partial charge in [0.2, 0.25) is 0 Å². The number of hydrogen-bond donors (Lipinski definition) is 0. The number of fused-ring (bicyclic) bond motifs is 1. The van der Waals surface area contributed by atoms with Gasteiger partial charge in [0.1, 0.15) is 17.5 Å². The second-order valence-corrected chi connectivity index (χ2v) is 5.69. The number of carbonyl (C=O) groups is 1. The molecule has 0 unspecified atom stereocenters. The summed E-state index contributed by atoms with van der Waals surface area (Å²) in [5, 5.41) is 8.15. The predicted molar refractivity (Wildman–Crippen MR) is 81.5 cm³/mol. The van der Waals surface area contributed by atoms with Crippen LogP contribution in [0.2, 0.25) is 0 Å². The molecule has 23 heavy (non-hydrogen) atoms. The van der Waals surface area contributed by atoms with E-state index in [1.165, 1.54) is 6.07 Å². The number of pyridine rings is 1. The van der Waals surface area contributed by atoms with Gasteiger partial charge in [-0.2, -0.15) is 0 Å². The number of benzene rings is 1. The van der Waals surface area contributed by atoms with Crippen molar-refractivity contribution < 1.29 is 13.6 Å². The summed E-state index contributed by atoms with van der Waals surface area (Å²) in [4.78, 5) is 12.4. The van der Waals surface area contributed by atoms with Gasteiger partial charge in [0.15, 0.2) is 11.4 Å². The van der Waals surface area contributed by atoms with Crippen LogP contribution in [0.1, 0.15) is 41.5 Å². The van der Waals surface area contributed by atoms with Crippen LogP contribution >= 0.6 is 0 Å². The first-order valence-corrected chi connectivity index (χ1v) is 7.27. The molecular weight excluding hydrogens is 300 g/mol. The smallest absolute Gasteiger partial charge is 0.168 e. The Morgan fingerprint density at radius 2 is 1.96 bits per heavy atom. The predicted octanol–water partition coefficient (Wildman–Crippen LogP) is 3.56. The Balaban J connectivity index is 1.93. The van der Waals surface area contributed by atoms with Crippen molar-refractivity contribution in [3.63, 3.8) is 0 Å². The van der Waals surface area contributed by atoms with Crippen LogP contribution in [0.3, 0.4) is 0 Å². The van der Waals surface area contributed by atoms with Gasteiger partial charge in [-0.25, -0.2) is 8.78 Å². The minimum absolute atomic E-state index is 0.128. The third kappa shape index (κ3) is 2.97. The lowest BCUT2D eigenvalue weighted by atomic mass is 10.0. The molecule has 0 bridgehead atoms. The minimum Gasteiger partial charge on any atom is -0.294 e. The highest BCUT2D eigenvalue weighted by Gasteiger charge is 2.14. The van der Waals surface area contributed by atoms with Crippen LogP contribution in [0, 0.1) is 11.6 Å². The summed E-state index contributed by atoms with van der Waals surface area (Å²) < 4.78 is 28.4. The molecule has 0 spiro atoms. The zero-order valence-electron chi connectivity index (χ0n) is 12.8. The van der Waals surface area contributed by atoms with Crippen molar-refractivity contribution in [3.05, 3.63) is 65.1 Å². The number of aromatic nitrogens is 3. The van der Waals surface area contributed by atoms with Crippen molar-refractivity contribution in [2.45, 2.75) is 26.2 Å². The van der Waals surface area contributed by atoms with E-state index in [2.05, 4.69) is 10.2 Å². The monoisotopic (exact) mass is 315 g/mol. The molecule has 0 aliphatic heterocycles. The standard InChI is InChI=1S/C17H15F2N3O/c1-10(2)17-21-20-16-6-4-12(9-22(16)17)15(23)7-11-3-5-13(18)8-14(11)19/h3-6,8-10H,7H2,1-2H3. The first kappa shape index (κ1) is 15.3. The summed E-state index contributed by atoms with van der Waals surface area (Å²) in [6.45, 7) is 3.97. The average molecular weight is 315 g/mol. The molecule has 0 saturated carbocycles. The third-order valence-corrected chi connectivity index (χ3v) is 3.63. The maximum Gasteiger partial charge on any atom is 0.168 e. The van der Waals surface area contributed by atoms with Crippen LogP contribution in [-0.2, 0) is 6.42 Å². The van der Waals surface area contributed by atoms with Crippen LogP contribution in [0.5, 0.6) is 0 Å². The highest BCUT2D eigenvalue weighted by molar-refractivity contribution is 5.97. The van der Waals surface area contributed by atoms with E-state index in [1.54, 1.807) is 22.7 Å². The molecule has 0 amide bonds. The fourth-order valence-electron chi connectivity index (χ4n) is 2.41. The molecule has 3 aromatic rings. The average Bonchev–Trinajstić information content (AvgIpc) is 2.93. The van der Waals surface area contributed by atoms with Gasteiger partial charge in [0, 0.05) is 30.2 Å². The van der Waals surface area contributed by atoms with E-state index in [9.17, 15) is 13.6 Å². The third-order valence-electron chi connectivity index (χ3n) is 3.63. The normalized spacial score (nSPS) is 11.3. The summed E-state index contributed by atoms with van der Waals surface area (Å²) in [5.74, 6) is -0.717. The van der Waals surface area contributed by atoms with Crippen LogP contribution in [0.15, 0.2) is 36.5 Å². The highest BCUT2D eigenvalue weighted by atomic mass is 19.1. The lowest BCUT2D eigenvalue weighted by Crippen LogP contribution is -2.07. The van der Waals surface area contributed by atoms with E-state index in [-0.39, 0.29) is 23.7 Å². The SMILES string of the molecule is CC(C)c1nnc2ccc(C(=O)Cc3ccc(F)cc3F)cn12. The molecule has 0 atom stereocenters. The number of nitrogens with zero attached hydrogens (tertiary/aromatic N) is 3. The lowest BCUT2D eigenvalue weighted by molar-refractivity contribution is 0.0991. The summed E-state index contributed by atoms with van der Waals surface area (Å²) in [6.07, 6.45) is 1.53. The zero-order valence-corrected chi connectivity index (χ0v) is 12.8. The molecule has 0 saturated heterocycles. The van der Waals surface area contributed by atoms with E-state index in [0.717, 1.165) is 18.0 Å². The van der Waals surface area contributed by atoms with Gasteiger partial charge in [-0.1, -0.05) is 19.9 Å². The van der Waals surface area contributed by atoms with E-state index in [4.69, 9.17) is 0 Å². The lowest BCUT2D eigenvalue weighted by Gasteiger charge is -2.06. The van der Waals surface area contributed by atoms with Gasteiger partial charge < -0.3 is 0 Å². The van der Waals surface area contributed by atoms with Crippen molar-refractivity contribution in [1.82, 2.24) is 14.6 Å². The van der Waals surface area contributed by atoms with E-state index in [0.29, 0.717) is 11.2 Å². The van der Waals surface area contributed by atoms with Crippen molar-refractivity contribution in [1.29, 1.82) is 0 Å². The number of Topliss-reactive ketones (excluding diaryl/α,β-unsaturated/α-hetero) is 1. The molecule has 0 aliphatic rings. The Morgan fingerprint density at radius 3 is 2.65 bits per heavy atom. The van der Waals surface area contributed by atoms with Crippen LogP contribution in [0.25, 0.3) is 5.65 Å². The molecule has 2 aromatic heterocycles. The number of halogens is 2. The summed E-state index contributed by atoms with van der Waals surface area (Å²) in [6, 6.07) is 6.55. The molecule has 0 aliphatic carbocycles. The summed E-state index contributed by atoms with van der Waals surface area (Å²) >= 11 is 0. The molecule has 0 N–H and O–H groups in total. The number of rotatable bonds is 4. The Labute approximate surface area is 131 Å². The van der Waals surface area contributed by atoms with Crippen molar-refractivity contribution in [3.8, 4) is 0 Å². The van der Waals surface area contributed by atoms with Crippen molar-refractivity contribution >= 4 is 11.4 Å². The Morgan fingerprint density at radius 1 is 1.17 bits per heavy atom. The number of hydrogen-bond acceptors (Lipinski definition) is 3. The van der Waals surface area contributed by atoms with Gasteiger partial charge in [-0.15, -0.1) is 10.2 Å². The van der Waals surface area contributed by atoms with Crippen molar-refractivity contribution in [2.75, 3.05) is 0 Å². The molecule has 0 fully saturated rings. The van der Waals surface area contributed by atoms with Gasteiger partial charge >= 0.3 is 0 Å². The maximum absolute atomic E-state index is 13.7. The molecule has 3 rings (SSSR count). The number of carbonyl (C=O) groups excluding carboxylic acids is 1. The Hall–Kier alpha value is -2.63. The Bertz CT molecular complexity index is 887. The molecule has 4 nitrogen and oxygen atoms in total. The quantitative estimate of drug-likeness (QED) is 0.692. The largest absolute Gasteiger partial charge is 0.294 e.